The molecule has 2 unspecified atom stereocenters. The van der Waals surface area contributed by atoms with Crippen LogP contribution in [0, 0.1) is 0 Å². The fraction of sp³-hybridized carbons (Fsp3) is 0.667. The molecule has 0 aliphatic rings. The van der Waals surface area contributed by atoms with Crippen molar-refractivity contribution in [1.29, 1.82) is 0 Å². The van der Waals surface area contributed by atoms with Crippen LogP contribution in [0.5, 0.6) is 0 Å². The molecule has 102 valence electrons. The first-order valence-corrected chi connectivity index (χ1v) is 7.72. The molecule has 0 radical (unpaired) electrons. The van der Waals surface area contributed by atoms with E-state index in [1.165, 1.54) is 6.33 Å². The number of nitrogens with one attached hydrogen (secondary N) is 1. The molecule has 0 bridgehead atoms. The van der Waals surface area contributed by atoms with Crippen LogP contribution in [0.25, 0.3) is 0 Å². The summed E-state index contributed by atoms with van der Waals surface area (Å²) in [5.41, 5.74) is 6.81. The largest absolute Gasteiger partial charge is 0.383 e. The van der Waals surface area contributed by atoms with Gasteiger partial charge < -0.3 is 11.1 Å². The highest BCUT2D eigenvalue weighted by molar-refractivity contribution is 7.84. The van der Waals surface area contributed by atoms with Gasteiger partial charge in [0, 0.05) is 34.4 Å². The van der Waals surface area contributed by atoms with E-state index in [1.807, 2.05) is 6.92 Å². The van der Waals surface area contributed by atoms with Crippen LogP contribution in [0.2, 0.25) is 0 Å². The van der Waals surface area contributed by atoms with E-state index in [1.54, 1.807) is 6.26 Å². The quantitative estimate of drug-likeness (QED) is 0.823. The van der Waals surface area contributed by atoms with Crippen LogP contribution in [0.4, 0.5) is 11.6 Å². The molecule has 0 aliphatic carbocycles. The maximum absolute atomic E-state index is 11.3. The molecular formula is C12H22N4OS. The van der Waals surface area contributed by atoms with E-state index in [4.69, 9.17) is 5.73 Å². The Morgan fingerprint density at radius 2 is 2.06 bits per heavy atom. The van der Waals surface area contributed by atoms with Crippen LogP contribution in [-0.4, -0.2) is 32.2 Å². The van der Waals surface area contributed by atoms with Crippen LogP contribution in [0.1, 0.15) is 38.7 Å². The van der Waals surface area contributed by atoms with E-state index in [0.29, 0.717) is 5.82 Å². The molecule has 1 heterocycles. The molecule has 18 heavy (non-hydrogen) atoms. The molecule has 0 saturated heterocycles. The summed E-state index contributed by atoms with van der Waals surface area (Å²) in [7, 11) is -0.784. The highest BCUT2D eigenvalue weighted by Crippen LogP contribution is 2.26. The first kappa shape index (κ1) is 14.9. The zero-order chi connectivity index (χ0) is 13.7. The summed E-state index contributed by atoms with van der Waals surface area (Å²) >= 11 is 0. The van der Waals surface area contributed by atoms with Crippen molar-refractivity contribution >= 4 is 22.4 Å². The standard InChI is InChI=1S/C12H22N4OS/c1-8(2)10-11(13)15-7-16-12(10)14-6-5-9(3)18(4)17/h7-9H,5-6H2,1-4H3,(H3,13,14,15,16). The van der Waals surface area contributed by atoms with Gasteiger partial charge in [0.15, 0.2) is 0 Å². The van der Waals surface area contributed by atoms with Gasteiger partial charge in [-0.1, -0.05) is 20.8 Å². The van der Waals surface area contributed by atoms with E-state index >= 15 is 0 Å². The van der Waals surface area contributed by atoms with E-state index in [9.17, 15) is 4.21 Å². The van der Waals surface area contributed by atoms with Crippen LogP contribution >= 0.6 is 0 Å². The smallest absolute Gasteiger partial charge is 0.134 e. The van der Waals surface area contributed by atoms with Gasteiger partial charge in [0.1, 0.15) is 18.0 Å². The Bertz CT molecular complexity index is 423. The lowest BCUT2D eigenvalue weighted by atomic mass is 10.0. The minimum atomic E-state index is -0.784. The third kappa shape index (κ3) is 3.94. The van der Waals surface area contributed by atoms with Crippen LogP contribution < -0.4 is 11.1 Å². The summed E-state index contributed by atoms with van der Waals surface area (Å²) in [6.45, 7) is 6.83. The lowest BCUT2D eigenvalue weighted by molar-refractivity contribution is 0.672. The second-order valence-corrected chi connectivity index (χ2v) is 6.50. The summed E-state index contributed by atoms with van der Waals surface area (Å²) in [4.78, 5) is 8.23. The summed E-state index contributed by atoms with van der Waals surface area (Å²) < 4.78 is 11.3. The number of nitrogens with two attached hydrogens (primary N) is 1. The molecule has 1 aromatic heterocycles. The third-order valence-electron chi connectivity index (χ3n) is 2.90. The van der Waals surface area contributed by atoms with Crippen molar-refractivity contribution in [2.45, 2.75) is 38.4 Å². The Hall–Kier alpha value is -1.17. The van der Waals surface area contributed by atoms with E-state index < -0.39 is 10.8 Å². The topological polar surface area (TPSA) is 80.9 Å². The zero-order valence-corrected chi connectivity index (χ0v) is 12.3. The van der Waals surface area contributed by atoms with E-state index in [-0.39, 0.29) is 11.2 Å². The Kier molecular flexibility index (Phi) is 5.53. The highest BCUT2D eigenvalue weighted by Gasteiger charge is 2.13. The van der Waals surface area contributed by atoms with Crippen molar-refractivity contribution in [2.24, 2.45) is 0 Å². The van der Waals surface area contributed by atoms with Crippen molar-refractivity contribution in [3.63, 3.8) is 0 Å². The van der Waals surface area contributed by atoms with Gasteiger partial charge >= 0.3 is 0 Å². The molecule has 0 fully saturated rings. The fourth-order valence-corrected chi connectivity index (χ4v) is 2.13. The van der Waals surface area contributed by atoms with Gasteiger partial charge in [-0.15, -0.1) is 0 Å². The number of nitrogens with zero attached hydrogens (tertiary/aromatic N) is 2. The number of aromatic nitrogens is 2. The first-order valence-electron chi connectivity index (χ1n) is 6.10. The van der Waals surface area contributed by atoms with Crippen LogP contribution in [0.15, 0.2) is 6.33 Å². The Morgan fingerprint density at radius 3 is 2.61 bits per heavy atom. The second-order valence-electron chi connectivity index (χ2n) is 4.70. The van der Waals surface area contributed by atoms with Gasteiger partial charge in [-0.3, -0.25) is 4.21 Å². The summed E-state index contributed by atoms with van der Waals surface area (Å²) in [6.07, 6.45) is 4.03. The number of anilines is 2. The number of hydrogen-bond donors (Lipinski definition) is 2. The number of rotatable bonds is 6. The number of hydrogen-bond acceptors (Lipinski definition) is 5. The monoisotopic (exact) mass is 270 g/mol. The molecule has 0 aliphatic heterocycles. The Morgan fingerprint density at radius 1 is 1.39 bits per heavy atom. The predicted molar refractivity (Wildman–Crippen MR) is 77.2 cm³/mol. The normalized spacial score (nSPS) is 14.5. The summed E-state index contributed by atoms with van der Waals surface area (Å²) in [5.74, 6) is 1.58. The van der Waals surface area contributed by atoms with E-state index in [2.05, 4.69) is 29.1 Å². The SMILES string of the molecule is CC(C)c1c(N)ncnc1NCCC(C)S(C)=O. The maximum atomic E-state index is 11.3. The Balaban J connectivity index is 2.68. The van der Waals surface area contributed by atoms with Crippen LogP contribution in [-0.2, 0) is 10.8 Å². The van der Waals surface area contributed by atoms with Crippen molar-refractivity contribution in [3.05, 3.63) is 11.9 Å². The minimum Gasteiger partial charge on any atom is -0.383 e. The lowest BCUT2D eigenvalue weighted by Gasteiger charge is -2.15. The molecule has 0 saturated carbocycles. The molecule has 0 amide bonds. The van der Waals surface area contributed by atoms with Gasteiger partial charge in [-0.25, -0.2) is 9.97 Å². The molecule has 6 heteroatoms. The van der Waals surface area contributed by atoms with E-state index in [0.717, 1.165) is 24.3 Å². The van der Waals surface area contributed by atoms with Gasteiger partial charge in [-0.05, 0) is 12.3 Å². The molecule has 5 nitrogen and oxygen atoms in total. The molecule has 0 spiro atoms. The third-order valence-corrected chi connectivity index (χ3v) is 4.27. The summed E-state index contributed by atoms with van der Waals surface area (Å²) in [5, 5.41) is 3.44. The Labute approximate surface area is 111 Å². The molecule has 1 aromatic rings. The molecular weight excluding hydrogens is 248 g/mol. The van der Waals surface area contributed by atoms with Crippen LogP contribution in [0.3, 0.4) is 0 Å². The fourth-order valence-electron chi connectivity index (χ4n) is 1.68. The highest BCUT2D eigenvalue weighted by atomic mass is 32.2. The van der Waals surface area contributed by atoms with Crippen molar-refractivity contribution in [2.75, 3.05) is 23.9 Å². The number of nitrogen functional groups attached to an aromatic ring is 1. The first-order chi connectivity index (χ1) is 8.43. The average molecular weight is 270 g/mol. The minimum absolute atomic E-state index is 0.180. The van der Waals surface area contributed by atoms with Crippen molar-refractivity contribution in [1.82, 2.24) is 9.97 Å². The van der Waals surface area contributed by atoms with Gasteiger partial charge in [0.25, 0.3) is 0 Å². The zero-order valence-electron chi connectivity index (χ0n) is 11.4. The van der Waals surface area contributed by atoms with Crippen molar-refractivity contribution < 1.29 is 4.21 Å². The van der Waals surface area contributed by atoms with Gasteiger partial charge in [0.05, 0.1) is 0 Å². The van der Waals surface area contributed by atoms with Crippen molar-refractivity contribution in [3.8, 4) is 0 Å². The molecule has 3 N–H and O–H groups in total. The van der Waals surface area contributed by atoms with Gasteiger partial charge in [0.2, 0.25) is 0 Å². The molecule has 2 atom stereocenters. The average Bonchev–Trinajstić information content (AvgIpc) is 2.28. The molecule has 0 aromatic carbocycles. The lowest BCUT2D eigenvalue weighted by Crippen LogP contribution is -2.17. The maximum Gasteiger partial charge on any atom is 0.134 e. The second kappa shape index (κ2) is 6.68. The summed E-state index contributed by atoms with van der Waals surface area (Å²) in [6, 6.07) is 0. The molecule has 1 rings (SSSR count). The predicted octanol–water partition coefficient (Wildman–Crippen LogP) is 1.75. The van der Waals surface area contributed by atoms with Gasteiger partial charge in [-0.2, -0.15) is 0 Å².